The molecule has 0 spiro atoms. The van der Waals surface area contributed by atoms with Gasteiger partial charge in [-0.2, -0.15) is 0 Å². The third kappa shape index (κ3) is 4.98. The summed E-state index contributed by atoms with van der Waals surface area (Å²) in [6, 6.07) is 12.4. The van der Waals surface area contributed by atoms with Crippen LogP contribution >= 0.6 is 0 Å². The van der Waals surface area contributed by atoms with Gasteiger partial charge in [0.15, 0.2) is 11.5 Å². The summed E-state index contributed by atoms with van der Waals surface area (Å²) in [6.45, 7) is 0.123. The van der Waals surface area contributed by atoms with E-state index >= 15 is 0 Å². The minimum Gasteiger partial charge on any atom is -0.493 e. The second-order valence-electron chi connectivity index (χ2n) is 10.8. The van der Waals surface area contributed by atoms with Gasteiger partial charge >= 0.3 is 0 Å². The smallest absolute Gasteiger partial charge is 0.247 e. The largest absolute Gasteiger partial charge is 0.493 e. The monoisotopic (exact) mass is 559 g/mol. The number of rotatable bonds is 10. The second-order valence-corrected chi connectivity index (χ2v) is 10.8. The van der Waals surface area contributed by atoms with Gasteiger partial charge < -0.3 is 34.9 Å². The number of ether oxygens (including phenoxy) is 2. The number of aldehydes is 1. The van der Waals surface area contributed by atoms with Crippen molar-refractivity contribution < 1.29 is 34.1 Å². The molecule has 2 amide bonds. The number of fused-ring (bicyclic) bond motifs is 4. The number of amides is 2. The molecule has 4 N–H and O–H groups in total. The van der Waals surface area contributed by atoms with Crippen molar-refractivity contribution in [2.45, 2.75) is 43.4 Å². The zero-order chi connectivity index (χ0) is 28.7. The quantitative estimate of drug-likeness (QED) is 0.279. The molecular formula is C31H33N3O7. The summed E-state index contributed by atoms with van der Waals surface area (Å²) in [5.74, 6) is -0.636. The average Bonchev–Trinajstić information content (AvgIpc) is 3.65. The van der Waals surface area contributed by atoms with E-state index in [1.165, 1.54) is 7.11 Å². The number of nitrogens with one attached hydrogen (secondary N) is 2. The summed E-state index contributed by atoms with van der Waals surface area (Å²) in [5, 5.41) is 24.9. The Balaban J connectivity index is 1.38. The first-order valence-electron chi connectivity index (χ1n) is 13.9. The lowest BCUT2D eigenvalue weighted by atomic mass is 9.77. The number of aromatic nitrogens is 1. The van der Waals surface area contributed by atoms with Crippen LogP contribution in [0.3, 0.4) is 0 Å². The Hall–Kier alpha value is -4.15. The number of para-hydroxylation sites is 1. The maximum atomic E-state index is 13.6. The molecule has 1 aliphatic heterocycles. The zero-order valence-corrected chi connectivity index (χ0v) is 22.7. The summed E-state index contributed by atoms with van der Waals surface area (Å²) in [4.78, 5) is 43.8. The predicted octanol–water partition coefficient (Wildman–Crippen LogP) is 2.09. The maximum Gasteiger partial charge on any atom is 0.247 e. The lowest BCUT2D eigenvalue weighted by Gasteiger charge is -2.41. The Morgan fingerprint density at radius 3 is 2.73 bits per heavy atom. The Morgan fingerprint density at radius 1 is 1.22 bits per heavy atom. The molecule has 2 heterocycles. The van der Waals surface area contributed by atoms with Crippen molar-refractivity contribution in [1.29, 1.82) is 0 Å². The van der Waals surface area contributed by atoms with Crippen molar-refractivity contribution in [2.24, 2.45) is 5.92 Å². The van der Waals surface area contributed by atoms with E-state index in [1.807, 2.05) is 24.3 Å². The molecule has 1 saturated carbocycles. The fourth-order valence-corrected chi connectivity index (χ4v) is 6.04. The zero-order valence-electron chi connectivity index (χ0n) is 22.7. The lowest BCUT2D eigenvalue weighted by Crippen LogP contribution is -2.56. The van der Waals surface area contributed by atoms with Crippen molar-refractivity contribution in [3.8, 4) is 11.5 Å². The van der Waals surface area contributed by atoms with Gasteiger partial charge in [0.2, 0.25) is 11.8 Å². The van der Waals surface area contributed by atoms with E-state index in [4.69, 9.17) is 9.47 Å². The van der Waals surface area contributed by atoms with Crippen LogP contribution in [0.2, 0.25) is 0 Å². The molecule has 1 aromatic heterocycles. The minimum absolute atomic E-state index is 0.0390. The summed E-state index contributed by atoms with van der Waals surface area (Å²) < 4.78 is 11.7. The molecule has 0 bridgehead atoms. The number of methoxy groups -OCH3 is 1. The molecule has 4 atom stereocenters. The molecule has 3 aliphatic rings. The number of aliphatic hydroxyl groups excluding tert-OH is 2. The van der Waals surface area contributed by atoms with Crippen molar-refractivity contribution >= 4 is 29.0 Å². The molecule has 6 rings (SSSR count). The fraction of sp³-hybridized carbons (Fsp3) is 0.387. The van der Waals surface area contributed by atoms with Gasteiger partial charge in [0.1, 0.15) is 18.5 Å². The van der Waals surface area contributed by atoms with Gasteiger partial charge in [0, 0.05) is 53.3 Å². The first kappa shape index (κ1) is 27.0. The Kier molecular flexibility index (Phi) is 7.27. The third-order valence-corrected chi connectivity index (χ3v) is 8.19. The summed E-state index contributed by atoms with van der Waals surface area (Å²) in [5.41, 5.74) is 3.18. The van der Waals surface area contributed by atoms with Gasteiger partial charge in [0.25, 0.3) is 0 Å². The second kappa shape index (κ2) is 11.0. The highest BCUT2D eigenvalue weighted by Gasteiger charge is 2.52. The van der Waals surface area contributed by atoms with Crippen molar-refractivity contribution in [2.75, 3.05) is 26.8 Å². The minimum atomic E-state index is -1.16. The molecular weight excluding hydrogens is 526 g/mol. The highest BCUT2D eigenvalue weighted by molar-refractivity contribution is 5.96. The molecule has 0 saturated heterocycles. The SMILES string of the molecule is COc1cc(C=O)cc2c1O[C@@H]1[C@@H](O)[C@H](N(CCc3cc4ccccc4[nH]3)C(=O)C3CC3)C=C(C(=O)NCCO)[C@H]21. The first-order chi connectivity index (χ1) is 19.9. The number of H-pyrrole nitrogens is 1. The van der Waals surface area contributed by atoms with Gasteiger partial charge in [-0.25, -0.2) is 0 Å². The number of benzene rings is 2. The average molecular weight is 560 g/mol. The van der Waals surface area contributed by atoms with E-state index in [-0.39, 0.29) is 25.0 Å². The van der Waals surface area contributed by atoms with E-state index < -0.39 is 30.1 Å². The van der Waals surface area contributed by atoms with E-state index in [2.05, 4.69) is 16.4 Å². The summed E-state index contributed by atoms with van der Waals surface area (Å²) in [6.07, 6.45) is 2.40. The topological polar surface area (TPSA) is 141 Å². The van der Waals surface area contributed by atoms with Gasteiger partial charge in [-0.15, -0.1) is 0 Å². The lowest BCUT2D eigenvalue weighted by molar-refractivity contribution is -0.138. The van der Waals surface area contributed by atoms with Gasteiger partial charge in [-0.05, 0) is 48.6 Å². The van der Waals surface area contributed by atoms with E-state index in [0.717, 1.165) is 29.4 Å². The van der Waals surface area contributed by atoms with Crippen LogP contribution in [-0.2, 0) is 16.0 Å². The van der Waals surface area contributed by atoms with Crippen LogP contribution < -0.4 is 14.8 Å². The van der Waals surface area contributed by atoms with Gasteiger partial charge in [-0.1, -0.05) is 18.2 Å². The Morgan fingerprint density at radius 2 is 2.02 bits per heavy atom. The maximum absolute atomic E-state index is 13.6. The van der Waals surface area contributed by atoms with Crippen molar-refractivity contribution in [3.63, 3.8) is 0 Å². The molecule has 2 aromatic carbocycles. The normalized spacial score (nSPS) is 22.8. The molecule has 1 fully saturated rings. The summed E-state index contributed by atoms with van der Waals surface area (Å²) in [7, 11) is 1.46. The van der Waals surface area contributed by atoms with E-state index in [9.17, 15) is 24.6 Å². The first-order valence-corrected chi connectivity index (χ1v) is 13.9. The van der Waals surface area contributed by atoms with Crippen LogP contribution in [0.25, 0.3) is 10.9 Å². The fourth-order valence-electron chi connectivity index (χ4n) is 6.04. The van der Waals surface area contributed by atoms with Gasteiger partial charge in [-0.3, -0.25) is 14.4 Å². The van der Waals surface area contributed by atoms with Crippen molar-refractivity contribution in [1.82, 2.24) is 15.2 Å². The van der Waals surface area contributed by atoms with E-state index in [1.54, 1.807) is 23.1 Å². The van der Waals surface area contributed by atoms with Crippen LogP contribution in [0.5, 0.6) is 11.5 Å². The molecule has 0 radical (unpaired) electrons. The Labute approximate surface area is 236 Å². The molecule has 10 heteroatoms. The van der Waals surface area contributed by atoms with Crippen molar-refractivity contribution in [3.05, 3.63) is 70.9 Å². The van der Waals surface area contributed by atoms with Crippen LogP contribution in [0, 0.1) is 5.92 Å². The highest BCUT2D eigenvalue weighted by atomic mass is 16.5. The van der Waals surface area contributed by atoms with Crippen LogP contribution in [0.4, 0.5) is 0 Å². The number of aliphatic hydroxyl groups is 2. The summed E-state index contributed by atoms with van der Waals surface area (Å²) >= 11 is 0. The molecule has 41 heavy (non-hydrogen) atoms. The molecule has 3 aromatic rings. The molecule has 2 aliphatic carbocycles. The third-order valence-electron chi connectivity index (χ3n) is 8.19. The number of nitrogens with zero attached hydrogens (tertiary/aromatic N) is 1. The number of carbonyl (C=O) groups excluding carboxylic acids is 3. The Bertz CT molecular complexity index is 1490. The predicted molar refractivity (Wildman–Crippen MR) is 150 cm³/mol. The van der Waals surface area contributed by atoms with Gasteiger partial charge in [0.05, 0.1) is 25.7 Å². The van der Waals surface area contributed by atoms with Crippen LogP contribution in [0.15, 0.2) is 54.1 Å². The molecule has 10 nitrogen and oxygen atoms in total. The number of aromatic amines is 1. The highest BCUT2D eigenvalue weighted by Crippen LogP contribution is 2.51. The number of carbonyl (C=O) groups is 3. The molecule has 0 unspecified atom stereocenters. The molecule has 214 valence electrons. The number of hydrogen-bond donors (Lipinski definition) is 4. The van der Waals surface area contributed by atoms with Crippen LogP contribution in [-0.4, -0.2) is 83.3 Å². The van der Waals surface area contributed by atoms with Crippen LogP contribution in [0.1, 0.15) is 40.4 Å². The number of hydrogen-bond acceptors (Lipinski definition) is 7. The standard InChI is InChI=1S/C31H33N3O7/c1-40-25-13-17(16-36)12-21-26-22(30(38)32-9-11-35)15-24(27(37)29(26)41-28(21)25)34(31(39)18-6-7-18)10-8-20-14-19-4-2-3-5-23(19)33-20/h2-5,12-16,18,24,26-27,29,33,35,37H,6-11H2,1H3,(H,32,38)/t24-,26+,27+,29+/m1/s1. The van der Waals surface area contributed by atoms with E-state index in [0.29, 0.717) is 47.5 Å².